The smallest absolute Gasteiger partial charge is 0.310 e. The monoisotopic (exact) mass is 410 g/mol. The number of esters is 1. The van der Waals surface area contributed by atoms with E-state index in [9.17, 15) is 4.79 Å². The van der Waals surface area contributed by atoms with Gasteiger partial charge in [-0.15, -0.1) is 0 Å². The zero-order valence-corrected chi connectivity index (χ0v) is 17.7. The van der Waals surface area contributed by atoms with Crippen molar-refractivity contribution < 1.29 is 9.53 Å². The van der Waals surface area contributed by atoms with Crippen LogP contribution >= 0.6 is 11.6 Å². The highest BCUT2D eigenvalue weighted by molar-refractivity contribution is 6.30. The van der Waals surface area contributed by atoms with Gasteiger partial charge in [0.25, 0.3) is 0 Å². The fourth-order valence-electron chi connectivity index (χ4n) is 3.31. The van der Waals surface area contributed by atoms with E-state index in [1.54, 1.807) is 0 Å². The van der Waals surface area contributed by atoms with Gasteiger partial charge in [0.1, 0.15) is 6.61 Å². The minimum atomic E-state index is -0.210. The van der Waals surface area contributed by atoms with Crippen molar-refractivity contribution in [1.82, 2.24) is 9.47 Å². The van der Waals surface area contributed by atoms with E-state index in [0.29, 0.717) is 11.6 Å². The summed E-state index contributed by atoms with van der Waals surface area (Å²) in [6, 6.07) is 17.7. The minimum Gasteiger partial charge on any atom is -0.464 e. The molecule has 0 saturated heterocycles. The second kappa shape index (κ2) is 10.3. The minimum absolute atomic E-state index is 0.210. The zero-order chi connectivity index (χ0) is 20.6. The third kappa shape index (κ3) is 5.72. The third-order valence-corrected chi connectivity index (χ3v) is 5.27. The third-order valence-electron chi connectivity index (χ3n) is 5.02. The van der Waals surface area contributed by atoms with Gasteiger partial charge in [-0.2, -0.15) is 0 Å². The quantitative estimate of drug-likeness (QED) is 0.453. The van der Waals surface area contributed by atoms with Crippen LogP contribution in [0.1, 0.15) is 19.4 Å². The summed E-state index contributed by atoms with van der Waals surface area (Å²) in [6.07, 6.45) is 4.29. The maximum absolute atomic E-state index is 12.5. The number of nitrogens with zero attached hydrogens (tertiary/aromatic N) is 2. The lowest BCUT2D eigenvalue weighted by atomic mass is 10.0. The molecule has 0 aliphatic heterocycles. The average Bonchev–Trinajstić information content (AvgIpc) is 3.16. The number of hydrogen-bond acceptors (Lipinski definition) is 3. The van der Waals surface area contributed by atoms with Gasteiger partial charge in [0.15, 0.2) is 0 Å². The summed E-state index contributed by atoms with van der Waals surface area (Å²) < 4.78 is 7.54. The number of halogens is 1. The summed E-state index contributed by atoms with van der Waals surface area (Å²) in [5.41, 5.74) is 4.01. The fraction of sp³-hybridized carbons (Fsp3) is 0.292. The lowest BCUT2D eigenvalue weighted by Gasteiger charge is -2.17. The average molecular weight is 411 g/mol. The lowest BCUT2D eigenvalue weighted by Crippen LogP contribution is -2.28. The molecule has 0 bridgehead atoms. The van der Waals surface area contributed by atoms with E-state index < -0.39 is 0 Å². The van der Waals surface area contributed by atoms with Gasteiger partial charge in [-0.05, 0) is 48.5 Å². The molecule has 29 heavy (non-hydrogen) atoms. The molecule has 0 radical (unpaired) electrons. The first-order valence-corrected chi connectivity index (χ1v) is 10.4. The molecule has 0 amide bonds. The van der Waals surface area contributed by atoms with E-state index in [1.165, 1.54) is 0 Å². The number of benzene rings is 2. The van der Waals surface area contributed by atoms with E-state index in [2.05, 4.69) is 24.9 Å². The topological polar surface area (TPSA) is 34.5 Å². The second-order valence-corrected chi connectivity index (χ2v) is 7.31. The number of aromatic nitrogens is 1. The van der Waals surface area contributed by atoms with E-state index in [0.717, 1.165) is 42.0 Å². The van der Waals surface area contributed by atoms with Crippen LogP contribution in [0.5, 0.6) is 0 Å². The van der Waals surface area contributed by atoms with E-state index >= 15 is 0 Å². The lowest BCUT2D eigenvalue weighted by molar-refractivity contribution is -0.143. The maximum atomic E-state index is 12.5. The van der Waals surface area contributed by atoms with Crippen molar-refractivity contribution in [2.45, 2.75) is 20.3 Å². The molecule has 5 heteroatoms. The summed E-state index contributed by atoms with van der Waals surface area (Å²) in [5.74, 6) is -0.210. The standard InChI is InChI=1S/C24H27ClN2O2/c1-3-26(4-2)14-15-29-24(28)16-20-17-27(22-8-6-5-7-9-22)18-23(20)19-10-12-21(25)13-11-19/h5-13,17-18H,3-4,14-16H2,1-2H3. The highest BCUT2D eigenvalue weighted by Crippen LogP contribution is 2.28. The first kappa shape index (κ1) is 21.2. The highest BCUT2D eigenvalue weighted by Gasteiger charge is 2.15. The molecule has 0 saturated carbocycles. The van der Waals surface area contributed by atoms with Crippen LogP contribution < -0.4 is 0 Å². The van der Waals surface area contributed by atoms with Crippen LogP contribution in [0.25, 0.3) is 16.8 Å². The van der Waals surface area contributed by atoms with Crippen molar-refractivity contribution in [2.75, 3.05) is 26.2 Å². The number of ether oxygens (including phenoxy) is 1. The van der Waals surface area contributed by atoms with Gasteiger partial charge in [0.05, 0.1) is 6.42 Å². The summed E-state index contributed by atoms with van der Waals surface area (Å²) in [6.45, 7) is 7.29. The highest BCUT2D eigenvalue weighted by atomic mass is 35.5. The van der Waals surface area contributed by atoms with Gasteiger partial charge >= 0.3 is 5.97 Å². The number of likely N-dealkylation sites (N-methyl/N-ethyl adjacent to an activating group) is 1. The summed E-state index contributed by atoms with van der Waals surface area (Å²) in [7, 11) is 0. The van der Waals surface area contributed by atoms with Crippen LogP contribution in [0.15, 0.2) is 67.0 Å². The Morgan fingerprint density at radius 3 is 2.34 bits per heavy atom. The molecule has 0 aliphatic rings. The Morgan fingerprint density at radius 1 is 1.00 bits per heavy atom. The number of carbonyl (C=O) groups excluding carboxylic acids is 1. The Morgan fingerprint density at radius 2 is 1.69 bits per heavy atom. The van der Waals surface area contributed by atoms with Gasteiger partial charge in [0.2, 0.25) is 0 Å². The largest absolute Gasteiger partial charge is 0.464 e. The van der Waals surface area contributed by atoms with E-state index in [-0.39, 0.29) is 12.4 Å². The van der Waals surface area contributed by atoms with Gasteiger partial charge in [-0.1, -0.05) is 55.8 Å². The normalized spacial score (nSPS) is 11.0. The summed E-state index contributed by atoms with van der Waals surface area (Å²) in [4.78, 5) is 14.7. The molecule has 0 unspecified atom stereocenters. The molecule has 3 rings (SSSR count). The molecule has 0 fully saturated rings. The van der Waals surface area contributed by atoms with Crippen molar-refractivity contribution in [3.63, 3.8) is 0 Å². The molecule has 1 aromatic heterocycles. The number of para-hydroxylation sites is 1. The van der Waals surface area contributed by atoms with Gasteiger partial charge in [0, 0.05) is 35.2 Å². The van der Waals surface area contributed by atoms with Crippen molar-refractivity contribution >= 4 is 17.6 Å². The number of hydrogen-bond donors (Lipinski definition) is 0. The first-order chi connectivity index (χ1) is 14.1. The van der Waals surface area contributed by atoms with E-state index in [4.69, 9.17) is 16.3 Å². The molecule has 3 aromatic rings. The SMILES string of the molecule is CCN(CC)CCOC(=O)Cc1cn(-c2ccccc2)cc1-c1ccc(Cl)cc1. The van der Waals surface area contributed by atoms with Crippen molar-refractivity contribution in [1.29, 1.82) is 0 Å². The van der Waals surface area contributed by atoms with Crippen LogP contribution in [-0.4, -0.2) is 41.7 Å². The predicted molar refractivity (Wildman–Crippen MR) is 119 cm³/mol. The van der Waals surface area contributed by atoms with Crippen LogP contribution in [-0.2, 0) is 16.0 Å². The molecule has 4 nitrogen and oxygen atoms in total. The summed E-state index contributed by atoms with van der Waals surface area (Å²) >= 11 is 6.05. The second-order valence-electron chi connectivity index (χ2n) is 6.87. The van der Waals surface area contributed by atoms with Crippen LogP contribution in [0.2, 0.25) is 5.02 Å². The molecular weight excluding hydrogens is 384 g/mol. The Labute approximate surface area is 177 Å². The molecule has 0 atom stereocenters. The fourth-order valence-corrected chi connectivity index (χ4v) is 3.44. The zero-order valence-electron chi connectivity index (χ0n) is 17.0. The molecular formula is C24H27ClN2O2. The van der Waals surface area contributed by atoms with Crippen molar-refractivity contribution in [3.8, 4) is 16.8 Å². The van der Waals surface area contributed by atoms with Gasteiger partial charge in [-0.3, -0.25) is 4.79 Å². The number of rotatable bonds is 9. The van der Waals surface area contributed by atoms with E-state index in [1.807, 2.05) is 65.4 Å². The molecule has 0 spiro atoms. The van der Waals surface area contributed by atoms with Crippen LogP contribution in [0.4, 0.5) is 0 Å². The Bertz CT molecular complexity index is 916. The molecule has 0 N–H and O–H groups in total. The van der Waals surface area contributed by atoms with Crippen molar-refractivity contribution in [2.24, 2.45) is 0 Å². The Hall–Kier alpha value is -2.56. The van der Waals surface area contributed by atoms with Gasteiger partial charge in [-0.25, -0.2) is 0 Å². The Balaban J connectivity index is 1.79. The van der Waals surface area contributed by atoms with Gasteiger partial charge < -0.3 is 14.2 Å². The number of carbonyl (C=O) groups is 1. The Kier molecular flexibility index (Phi) is 7.50. The maximum Gasteiger partial charge on any atom is 0.310 e. The molecule has 152 valence electrons. The summed E-state index contributed by atoms with van der Waals surface area (Å²) in [5, 5.41) is 0.689. The predicted octanol–water partition coefficient (Wildman–Crippen LogP) is 5.23. The van der Waals surface area contributed by atoms with Crippen LogP contribution in [0, 0.1) is 0 Å². The first-order valence-electron chi connectivity index (χ1n) is 10.0. The molecule has 1 heterocycles. The van der Waals surface area contributed by atoms with Crippen LogP contribution in [0.3, 0.4) is 0 Å². The molecule has 0 aliphatic carbocycles. The van der Waals surface area contributed by atoms with Crippen molar-refractivity contribution in [3.05, 3.63) is 77.6 Å². The molecule has 2 aromatic carbocycles.